The Bertz CT molecular complexity index is 616. The van der Waals surface area contributed by atoms with Crippen LogP contribution in [-0.2, 0) is 9.59 Å². The molecule has 1 aliphatic carbocycles. The number of carboxylic acids is 1. The van der Waals surface area contributed by atoms with Gasteiger partial charge in [0.05, 0.1) is 11.8 Å². The molecule has 122 valence electrons. The van der Waals surface area contributed by atoms with Crippen LogP contribution in [0, 0.1) is 5.92 Å². The molecule has 1 heterocycles. The van der Waals surface area contributed by atoms with E-state index in [0.717, 1.165) is 0 Å². The third kappa shape index (κ3) is 3.34. The molecule has 3 rings (SSSR count). The van der Waals surface area contributed by atoms with Crippen LogP contribution >= 0.6 is 11.8 Å². The summed E-state index contributed by atoms with van der Waals surface area (Å²) in [5.74, 6) is -0.442. The average Bonchev–Trinajstić information content (AvgIpc) is 2.99. The smallest absolute Gasteiger partial charge is 0.306 e. The highest BCUT2D eigenvalue weighted by atomic mass is 32.2. The SMILES string of the molecule is O=C(O)C1CC(NC(=O)C2CSCN2C(=O)c2ccccc2)C1. The molecule has 0 aromatic heterocycles. The molecule has 1 atom stereocenters. The number of nitrogens with one attached hydrogen (secondary N) is 1. The van der Waals surface area contributed by atoms with Gasteiger partial charge in [-0.15, -0.1) is 11.8 Å². The maximum atomic E-state index is 12.5. The number of rotatable bonds is 4. The fourth-order valence-electron chi connectivity index (χ4n) is 2.84. The average molecular weight is 334 g/mol. The van der Waals surface area contributed by atoms with Crippen molar-refractivity contribution in [3.8, 4) is 0 Å². The summed E-state index contributed by atoms with van der Waals surface area (Å²) in [5, 5.41) is 11.7. The molecule has 1 aromatic rings. The van der Waals surface area contributed by atoms with Gasteiger partial charge in [0.1, 0.15) is 6.04 Å². The molecular formula is C16H18N2O4S. The molecule has 1 unspecified atom stereocenters. The van der Waals surface area contributed by atoms with Crippen LogP contribution in [0.25, 0.3) is 0 Å². The van der Waals surface area contributed by atoms with Gasteiger partial charge in [0.25, 0.3) is 5.91 Å². The molecule has 2 amide bonds. The molecule has 1 aliphatic heterocycles. The summed E-state index contributed by atoms with van der Waals surface area (Å²) in [7, 11) is 0. The molecule has 0 spiro atoms. The first kappa shape index (κ1) is 15.9. The van der Waals surface area contributed by atoms with Gasteiger partial charge in [-0.25, -0.2) is 0 Å². The Balaban J connectivity index is 1.59. The predicted molar refractivity (Wildman–Crippen MR) is 86.0 cm³/mol. The first-order valence-corrected chi connectivity index (χ1v) is 8.68. The monoisotopic (exact) mass is 334 g/mol. The first-order valence-electron chi connectivity index (χ1n) is 7.53. The molecule has 6 nitrogen and oxygen atoms in total. The minimum Gasteiger partial charge on any atom is -0.481 e. The summed E-state index contributed by atoms with van der Waals surface area (Å²) in [6.45, 7) is 0. The van der Waals surface area contributed by atoms with E-state index < -0.39 is 12.0 Å². The van der Waals surface area contributed by atoms with Crippen LogP contribution in [0.4, 0.5) is 0 Å². The van der Waals surface area contributed by atoms with Crippen molar-refractivity contribution in [2.75, 3.05) is 11.6 Å². The number of hydrogen-bond donors (Lipinski definition) is 2. The summed E-state index contributed by atoms with van der Waals surface area (Å²) in [4.78, 5) is 37.3. The molecule has 0 radical (unpaired) electrons. The molecule has 1 saturated heterocycles. The maximum Gasteiger partial charge on any atom is 0.306 e. The van der Waals surface area contributed by atoms with E-state index in [4.69, 9.17) is 5.11 Å². The van der Waals surface area contributed by atoms with Gasteiger partial charge in [0.15, 0.2) is 0 Å². The number of carboxylic acid groups (broad SMARTS) is 1. The molecule has 2 aliphatic rings. The highest BCUT2D eigenvalue weighted by molar-refractivity contribution is 7.99. The van der Waals surface area contributed by atoms with E-state index >= 15 is 0 Å². The molecule has 23 heavy (non-hydrogen) atoms. The van der Waals surface area contributed by atoms with Gasteiger partial charge in [0, 0.05) is 17.4 Å². The Hall–Kier alpha value is -2.02. The fourth-order valence-corrected chi connectivity index (χ4v) is 4.00. The number of carbonyl (C=O) groups is 3. The van der Waals surface area contributed by atoms with Crippen LogP contribution in [-0.4, -0.2) is 51.5 Å². The molecule has 1 aromatic carbocycles. The summed E-state index contributed by atoms with van der Waals surface area (Å²) in [6, 6.07) is 8.33. The molecule has 7 heteroatoms. The van der Waals surface area contributed by atoms with Crippen molar-refractivity contribution < 1.29 is 19.5 Å². The van der Waals surface area contributed by atoms with Crippen molar-refractivity contribution in [1.29, 1.82) is 0 Å². The summed E-state index contributed by atoms with van der Waals surface area (Å²) < 4.78 is 0. The predicted octanol–water partition coefficient (Wildman–Crippen LogP) is 1.18. The molecule has 2 fully saturated rings. The van der Waals surface area contributed by atoms with E-state index in [1.54, 1.807) is 40.9 Å². The lowest BCUT2D eigenvalue weighted by molar-refractivity contribution is -0.146. The highest BCUT2D eigenvalue weighted by Crippen LogP contribution is 2.29. The Morgan fingerprint density at radius 2 is 1.87 bits per heavy atom. The van der Waals surface area contributed by atoms with Gasteiger partial charge >= 0.3 is 5.97 Å². The number of aliphatic carboxylic acids is 1. The van der Waals surface area contributed by atoms with Crippen molar-refractivity contribution in [2.45, 2.75) is 24.9 Å². The lowest BCUT2D eigenvalue weighted by Crippen LogP contribution is -2.53. The van der Waals surface area contributed by atoms with Crippen molar-refractivity contribution in [3.63, 3.8) is 0 Å². The van der Waals surface area contributed by atoms with Crippen LogP contribution in [0.15, 0.2) is 30.3 Å². The summed E-state index contributed by atoms with van der Waals surface area (Å²) >= 11 is 1.55. The lowest BCUT2D eigenvalue weighted by Gasteiger charge is -2.34. The summed E-state index contributed by atoms with van der Waals surface area (Å²) in [6.07, 6.45) is 0.932. The minimum atomic E-state index is -0.812. The summed E-state index contributed by atoms with van der Waals surface area (Å²) in [5.41, 5.74) is 0.572. The number of hydrogen-bond acceptors (Lipinski definition) is 4. The van der Waals surface area contributed by atoms with Gasteiger partial charge in [-0.2, -0.15) is 0 Å². The number of carbonyl (C=O) groups excluding carboxylic acids is 2. The van der Waals surface area contributed by atoms with Crippen LogP contribution < -0.4 is 5.32 Å². The zero-order valence-corrected chi connectivity index (χ0v) is 13.3. The van der Waals surface area contributed by atoms with Gasteiger partial charge in [-0.3, -0.25) is 14.4 Å². The minimum absolute atomic E-state index is 0.0946. The topological polar surface area (TPSA) is 86.7 Å². The van der Waals surface area contributed by atoms with E-state index in [1.807, 2.05) is 6.07 Å². The van der Waals surface area contributed by atoms with Crippen molar-refractivity contribution in [2.24, 2.45) is 5.92 Å². The number of benzene rings is 1. The number of thioether (sulfide) groups is 1. The van der Waals surface area contributed by atoms with Crippen molar-refractivity contribution in [3.05, 3.63) is 35.9 Å². The van der Waals surface area contributed by atoms with Crippen molar-refractivity contribution >= 4 is 29.5 Å². The second-order valence-electron chi connectivity index (χ2n) is 5.87. The largest absolute Gasteiger partial charge is 0.481 e. The number of amides is 2. The second kappa shape index (κ2) is 6.62. The Morgan fingerprint density at radius 3 is 2.52 bits per heavy atom. The van der Waals surface area contributed by atoms with Gasteiger partial charge in [-0.05, 0) is 25.0 Å². The Morgan fingerprint density at radius 1 is 1.17 bits per heavy atom. The van der Waals surface area contributed by atoms with Crippen molar-refractivity contribution in [1.82, 2.24) is 10.2 Å². The Kier molecular flexibility index (Phi) is 4.56. The van der Waals surface area contributed by atoms with E-state index in [0.29, 0.717) is 30.0 Å². The van der Waals surface area contributed by atoms with E-state index in [-0.39, 0.29) is 23.8 Å². The zero-order valence-electron chi connectivity index (χ0n) is 12.5. The van der Waals surface area contributed by atoms with E-state index in [2.05, 4.69) is 5.32 Å². The fraction of sp³-hybridized carbons (Fsp3) is 0.438. The number of nitrogens with zero attached hydrogens (tertiary/aromatic N) is 1. The zero-order chi connectivity index (χ0) is 16.4. The normalized spacial score (nSPS) is 26.4. The standard InChI is InChI=1S/C16H18N2O4S/c19-14(17-12-6-11(7-12)16(21)22)13-8-23-9-18(13)15(20)10-4-2-1-3-5-10/h1-5,11-13H,6-9H2,(H,17,19)(H,21,22). The van der Waals surface area contributed by atoms with Crippen LogP contribution in [0.1, 0.15) is 23.2 Å². The molecule has 0 bridgehead atoms. The maximum absolute atomic E-state index is 12.5. The van der Waals surface area contributed by atoms with E-state index in [9.17, 15) is 14.4 Å². The molecule has 1 saturated carbocycles. The Labute approximate surface area is 138 Å². The highest BCUT2D eigenvalue weighted by Gasteiger charge is 2.39. The quantitative estimate of drug-likeness (QED) is 0.863. The van der Waals surface area contributed by atoms with Crippen LogP contribution in [0.3, 0.4) is 0 Å². The van der Waals surface area contributed by atoms with Gasteiger partial charge in [0.2, 0.25) is 5.91 Å². The second-order valence-corrected chi connectivity index (χ2v) is 6.87. The third-order valence-corrected chi connectivity index (χ3v) is 5.31. The molecule has 2 N–H and O–H groups in total. The molecular weight excluding hydrogens is 316 g/mol. The van der Waals surface area contributed by atoms with Crippen LogP contribution in [0.5, 0.6) is 0 Å². The van der Waals surface area contributed by atoms with E-state index in [1.165, 1.54) is 0 Å². The third-order valence-electron chi connectivity index (χ3n) is 4.30. The van der Waals surface area contributed by atoms with Crippen LogP contribution in [0.2, 0.25) is 0 Å². The van der Waals surface area contributed by atoms with Gasteiger partial charge < -0.3 is 15.3 Å². The van der Waals surface area contributed by atoms with Gasteiger partial charge in [-0.1, -0.05) is 18.2 Å². The first-order chi connectivity index (χ1) is 11.1. The lowest BCUT2D eigenvalue weighted by atomic mass is 9.80.